The van der Waals surface area contributed by atoms with E-state index in [0.29, 0.717) is 0 Å². The van der Waals surface area contributed by atoms with Gasteiger partial charge in [0.25, 0.3) is 0 Å². The molecule has 4 heterocycles. The second kappa shape index (κ2) is 15.6. The molecular formula is C24H42O21. The summed E-state index contributed by atoms with van der Waals surface area (Å²) in [4.78, 5) is 0. The summed E-state index contributed by atoms with van der Waals surface area (Å²) in [5.41, 5.74) is 0. The minimum absolute atomic E-state index is 0.644. The Morgan fingerprint density at radius 3 is 1.24 bits per heavy atom. The highest BCUT2D eigenvalue weighted by atomic mass is 16.8. The number of aliphatic hydroxyl groups excluding tert-OH is 14. The molecular weight excluding hydrogens is 624 g/mol. The highest BCUT2D eigenvalue weighted by Crippen LogP contribution is 2.30. The second-order valence-corrected chi connectivity index (χ2v) is 11.2. The van der Waals surface area contributed by atoms with Crippen LogP contribution in [0.15, 0.2) is 0 Å². The Kier molecular flexibility index (Phi) is 12.8. The molecule has 4 rings (SSSR count). The van der Waals surface area contributed by atoms with E-state index in [1.165, 1.54) is 0 Å². The Bertz CT molecular complexity index is 914. The standard InChI is InChI=1S/C24H42O21/c25-1-5-9(27)12(30)17(35)22(42-5)39-3-7-10(28)13(31)18(36)23(43-7)40-4-8-11(29)14(32)19(37)24(44-8)45-20-6(2-26)41-21(38)16(34)15(20)33/h5-38H,1-4H2/t5-,6-,7-,8-,9-,10-,11-,12+,13+,14+,15-,16-,17-,18-,19-,20-,21?,22-,23-,24+/m1/s1. The lowest BCUT2D eigenvalue weighted by Gasteiger charge is -2.46. The SMILES string of the molecule is OC[C@H]1O[C@@H](OC[C@H]2O[C@@H](OC[C@H]3O[C@@H](O[C@H]4[C@H](O)[C@@H](O)C(O)O[C@@H]4CO)[C@H](O)[C@@H](O)[C@@H]3O)[C@H](O)[C@@H](O)[C@@H]2O)[C@H](O)[C@@H](O)[C@@H]1O. The molecule has 0 bridgehead atoms. The number of hydrogen-bond donors (Lipinski definition) is 14. The molecule has 1 unspecified atom stereocenters. The molecule has 4 fully saturated rings. The molecule has 0 saturated carbocycles. The van der Waals surface area contributed by atoms with Crippen molar-refractivity contribution in [2.24, 2.45) is 0 Å². The van der Waals surface area contributed by atoms with Crippen LogP contribution >= 0.6 is 0 Å². The lowest BCUT2D eigenvalue weighted by atomic mass is 9.97. The molecule has 45 heavy (non-hydrogen) atoms. The first-order valence-corrected chi connectivity index (χ1v) is 14.1. The fraction of sp³-hybridized carbons (Fsp3) is 1.00. The molecule has 0 spiro atoms. The van der Waals surface area contributed by atoms with E-state index in [-0.39, 0.29) is 0 Å². The first kappa shape index (κ1) is 37.0. The van der Waals surface area contributed by atoms with Gasteiger partial charge in [0.1, 0.15) is 97.7 Å². The predicted octanol–water partition coefficient (Wildman–Crippen LogP) is -9.75. The molecule has 0 amide bonds. The molecule has 14 N–H and O–H groups in total. The van der Waals surface area contributed by atoms with Gasteiger partial charge in [0.2, 0.25) is 0 Å². The van der Waals surface area contributed by atoms with Gasteiger partial charge in [-0.25, -0.2) is 0 Å². The highest BCUT2D eigenvalue weighted by Gasteiger charge is 2.52. The van der Waals surface area contributed by atoms with E-state index in [4.69, 9.17) is 33.2 Å². The molecule has 21 nitrogen and oxygen atoms in total. The van der Waals surface area contributed by atoms with E-state index < -0.39 is 149 Å². The maximum absolute atomic E-state index is 10.5. The van der Waals surface area contributed by atoms with Gasteiger partial charge in [-0.15, -0.1) is 0 Å². The first-order chi connectivity index (χ1) is 21.2. The Morgan fingerprint density at radius 2 is 0.778 bits per heavy atom. The minimum atomic E-state index is -1.94. The lowest BCUT2D eigenvalue weighted by Crippen LogP contribution is -2.65. The van der Waals surface area contributed by atoms with Crippen LogP contribution in [0, 0.1) is 0 Å². The average Bonchev–Trinajstić information content (AvgIpc) is 3.03. The Labute approximate surface area is 254 Å². The summed E-state index contributed by atoms with van der Waals surface area (Å²) < 4.78 is 37.4. The summed E-state index contributed by atoms with van der Waals surface area (Å²) in [6, 6.07) is 0. The van der Waals surface area contributed by atoms with Gasteiger partial charge < -0.3 is 105 Å². The minimum Gasteiger partial charge on any atom is -0.394 e. The van der Waals surface area contributed by atoms with Crippen LogP contribution in [0.2, 0.25) is 0 Å². The molecule has 0 aliphatic carbocycles. The van der Waals surface area contributed by atoms with Crippen molar-refractivity contribution in [3.63, 3.8) is 0 Å². The van der Waals surface area contributed by atoms with Crippen LogP contribution in [0.25, 0.3) is 0 Å². The highest BCUT2D eigenvalue weighted by molar-refractivity contribution is 4.95. The Balaban J connectivity index is 1.37. The van der Waals surface area contributed by atoms with Gasteiger partial charge in [0, 0.05) is 0 Å². The summed E-state index contributed by atoms with van der Waals surface area (Å²) in [5.74, 6) is 0. The van der Waals surface area contributed by atoms with E-state index >= 15 is 0 Å². The van der Waals surface area contributed by atoms with Gasteiger partial charge in [-0.3, -0.25) is 0 Å². The van der Waals surface area contributed by atoms with Crippen molar-refractivity contribution < 1.29 is 105 Å². The fourth-order valence-electron chi connectivity index (χ4n) is 5.33. The largest absolute Gasteiger partial charge is 0.394 e. The molecule has 21 heteroatoms. The zero-order chi connectivity index (χ0) is 33.3. The van der Waals surface area contributed by atoms with E-state index in [1.54, 1.807) is 0 Å². The third-order valence-electron chi connectivity index (χ3n) is 8.17. The Hall–Kier alpha value is -0.840. The second-order valence-electron chi connectivity index (χ2n) is 11.2. The number of ether oxygens (including phenoxy) is 7. The van der Waals surface area contributed by atoms with Crippen LogP contribution in [-0.2, 0) is 33.2 Å². The van der Waals surface area contributed by atoms with Crippen LogP contribution in [0.4, 0.5) is 0 Å². The zero-order valence-electron chi connectivity index (χ0n) is 23.5. The molecule has 264 valence electrons. The normalized spacial score (nSPS) is 52.9. The topological polar surface area (TPSA) is 348 Å². The van der Waals surface area contributed by atoms with Crippen LogP contribution in [-0.4, -0.2) is 221 Å². The zero-order valence-corrected chi connectivity index (χ0v) is 23.5. The molecule has 4 aliphatic rings. The first-order valence-electron chi connectivity index (χ1n) is 14.1. The monoisotopic (exact) mass is 666 g/mol. The van der Waals surface area contributed by atoms with E-state index in [1.807, 2.05) is 0 Å². The van der Waals surface area contributed by atoms with Crippen molar-refractivity contribution in [2.45, 2.75) is 123 Å². The van der Waals surface area contributed by atoms with Crippen molar-refractivity contribution in [3.05, 3.63) is 0 Å². The van der Waals surface area contributed by atoms with Crippen molar-refractivity contribution in [3.8, 4) is 0 Å². The summed E-state index contributed by atoms with van der Waals surface area (Å²) in [5, 5.41) is 141. The summed E-state index contributed by atoms with van der Waals surface area (Å²) >= 11 is 0. The molecule has 4 saturated heterocycles. The lowest BCUT2D eigenvalue weighted by molar-refractivity contribution is -0.363. The van der Waals surface area contributed by atoms with Crippen molar-refractivity contribution >= 4 is 0 Å². The summed E-state index contributed by atoms with van der Waals surface area (Å²) in [6.07, 6.45) is -34.6. The number of aliphatic hydroxyl groups is 14. The number of hydrogen-bond acceptors (Lipinski definition) is 21. The third-order valence-corrected chi connectivity index (χ3v) is 8.17. The van der Waals surface area contributed by atoms with Crippen molar-refractivity contribution in [1.29, 1.82) is 0 Å². The number of rotatable bonds is 10. The van der Waals surface area contributed by atoms with Crippen LogP contribution in [0.3, 0.4) is 0 Å². The van der Waals surface area contributed by atoms with Gasteiger partial charge in [0.15, 0.2) is 25.2 Å². The van der Waals surface area contributed by atoms with Gasteiger partial charge in [0.05, 0.1) is 26.4 Å². The maximum Gasteiger partial charge on any atom is 0.187 e. The molecule has 0 aromatic rings. The van der Waals surface area contributed by atoms with Gasteiger partial charge in [-0.1, -0.05) is 0 Å². The predicted molar refractivity (Wildman–Crippen MR) is 134 cm³/mol. The van der Waals surface area contributed by atoms with Crippen molar-refractivity contribution in [2.75, 3.05) is 26.4 Å². The molecule has 4 aliphatic heterocycles. The van der Waals surface area contributed by atoms with E-state index in [2.05, 4.69) is 0 Å². The fourth-order valence-corrected chi connectivity index (χ4v) is 5.33. The van der Waals surface area contributed by atoms with E-state index in [9.17, 15) is 71.5 Å². The van der Waals surface area contributed by atoms with Crippen LogP contribution < -0.4 is 0 Å². The van der Waals surface area contributed by atoms with Crippen LogP contribution in [0.5, 0.6) is 0 Å². The summed E-state index contributed by atoms with van der Waals surface area (Å²) in [6.45, 7) is -2.90. The maximum atomic E-state index is 10.5. The molecule has 0 aromatic carbocycles. The van der Waals surface area contributed by atoms with Gasteiger partial charge >= 0.3 is 0 Å². The molecule has 0 radical (unpaired) electrons. The Morgan fingerprint density at radius 1 is 0.378 bits per heavy atom. The third kappa shape index (κ3) is 7.75. The molecule has 20 atom stereocenters. The van der Waals surface area contributed by atoms with E-state index in [0.717, 1.165) is 0 Å². The molecule has 0 aromatic heterocycles. The smallest absolute Gasteiger partial charge is 0.187 e. The van der Waals surface area contributed by atoms with Crippen molar-refractivity contribution in [1.82, 2.24) is 0 Å². The van der Waals surface area contributed by atoms with Gasteiger partial charge in [-0.2, -0.15) is 0 Å². The van der Waals surface area contributed by atoms with Crippen LogP contribution in [0.1, 0.15) is 0 Å². The van der Waals surface area contributed by atoms with Gasteiger partial charge in [-0.05, 0) is 0 Å². The quantitative estimate of drug-likeness (QED) is 0.103. The average molecular weight is 667 g/mol. The summed E-state index contributed by atoms with van der Waals surface area (Å²) in [7, 11) is 0.